The van der Waals surface area contributed by atoms with Crippen LogP contribution in [0, 0.1) is 0 Å². The molecule has 1 saturated heterocycles. The van der Waals surface area contributed by atoms with Gasteiger partial charge in [0.2, 0.25) is 5.91 Å². The Balaban J connectivity index is 1.40. The minimum Gasteiger partial charge on any atom is -0.456 e. The summed E-state index contributed by atoms with van der Waals surface area (Å²) in [5, 5.41) is 2.70. The van der Waals surface area contributed by atoms with Crippen molar-refractivity contribution in [3.8, 4) is 0 Å². The Morgan fingerprint density at radius 3 is 2.29 bits per heavy atom. The second kappa shape index (κ2) is 9.77. The number of hydrogen-bond donors (Lipinski definition) is 1. The number of amides is 2. The third-order valence-corrected chi connectivity index (χ3v) is 5.34. The van der Waals surface area contributed by atoms with Gasteiger partial charge >= 0.3 is 5.97 Å². The number of rotatable bonds is 7. The number of carbonyl (C=O) groups is 3. The lowest BCUT2D eigenvalue weighted by Gasteiger charge is -2.19. The van der Waals surface area contributed by atoms with E-state index < -0.39 is 11.9 Å². The Kier molecular flexibility index (Phi) is 7.10. The average molecular weight is 423 g/mol. The van der Waals surface area contributed by atoms with Crippen molar-refractivity contribution in [2.75, 3.05) is 23.4 Å². The number of nitrogens with zero attached hydrogens (tertiary/aromatic N) is 1. The van der Waals surface area contributed by atoms with E-state index >= 15 is 0 Å². The lowest BCUT2D eigenvalue weighted by molar-refractivity contribution is -0.147. The highest BCUT2D eigenvalue weighted by atomic mass is 16.5. The summed E-state index contributed by atoms with van der Waals surface area (Å²) in [6.07, 6.45) is 2.24. The lowest BCUT2D eigenvalue weighted by atomic mass is 9.86. The average Bonchev–Trinajstić information content (AvgIpc) is 3.17. The van der Waals surface area contributed by atoms with Crippen molar-refractivity contribution in [3.05, 3.63) is 59.7 Å². The highest BCUT2D eigenvalue weighted by Gasteiger charge is 2.21. The summed E-state index contributed by atoms with van der Waals surface area (Å²) in [4.78, 5) is 37.6. The fourth-order valence-corrected chi connectivity index (χ4v) is 3.48. The zero-order chi connectivity index (χ0) is 22.4. The first-order chi connectivity index (χ1) is 14.7. The highest BCUT2D eigenvalue weighted by Crippen LogP contribution is 2.23. The molecule has 6 nitrogen and oxygen atoms in total. The standard InChI is InChI=1S/C25H30N2O4/c1-25(2,3)19-9-6-18(7-10-19)8-15-24(30)31-17-22(28)26-20-11-13-21(14-12-20)27-16-4-5-23(27)29/h6-7,9-14H,4-5,8,15-17H2,1-3H3,(H,26,28). The molecule has 1 N–H and O–H groups in total. The fraction of sp³-hybridized carbons (Fsp3) is 0.400. The minimum absolute atomic E-state index is 0.0940. The van der Waals surface area contributed by atoms with Gasteiger partial charge in [-0.2, -0.15) is 0 Å². The fourth-order valence-electron chi connectivity index (χ4n) is 3.48. The first-order valence-corrected chi connectivity index (χ1v) is 10.7. The summed E-state index contributed by atoms with van der Waals surface area (Å²) in [5.74, 6) is -0.681. The molecule has 6 heteroatoms. The zero-order valence-corrected chi connectivity index (χ0v) is 18.4. The lowest BCUT2D eigenvalue weighted by Crippen LogP contribution is -2.23. The molecular weight excluding hydrogens is 392 g/mol. The van der Waals surface area contributed by atoms with Crippen molar-refractivity contribution in [1.29, 1.82) is 0 Å². The number of carbonyl (C=O) groups excluding carboxylic acids is 3. The normalized spacial score (nSPS) is 13.9. The van der Waals surface area contributed by atoms with Crippen LogP contribution in [0.15, 0.2) is 48.5 Å². The number of benzene rings is 2. The van der Waals surface area contributed by atoms with Gasteiger partial charge < -0.3 is 15.0 Å². The van der Waals surface area contributed by atoms with Crippen molar-refractivity contribution in [2.24, 2.45) is 0 Å². The maximum Gasteiger partial charge on any atom is 0.306 e. The topological polar surface area (TPSA) is 75.7 Å². The molecule has 0 aromatic heterocycles. The van der Waals surface area contributed by atoms with Crippen LogP contribution in [-0.2, 0) is 31.0 Å². The minimum atomic E-state index is -0.405. The van der Waals surface area contributed by atoms with E-state index in [1.54, 1.807) is 29.2 Å². The van der Waals surface area contributed by atoms with E-state index in [1.165, 1.54) is 5.56 Å². The molecule has 1 aliphatic heterocycles. The van der Waals surface area contributed by atoms with Gasteiger partial charge in [-0.1, -0.05) is 45.0 Å². The summed E-state index contributed by atoms with van der Waals surface area (Å²) < 4.78 is 5.09. The summed E-state index contributed by atoms with van der Waals surface area (Å²) >= 11 is 0. The molecule has 0 unspecified atom stereocenters. The molecular formula is C25H30N2O4. The van der Waals surface area contributed by atoms with Crippen LogP contribution in [0.3, 0.4) is 0 Å². The van der Waals surface area contributed by atoms with Crippen molar-refractivity contribution in [3.63, 3.8) is 0 Å². The third kappa shape index (κ3) is 6.41. The van der Waals surface area contributed by atoms with E-state index in [0.717, 1.165) is 24.2 Å². The van der Waals surface area contributed by atoms with Crippen molar-refractivity contribution in [2.45, 2.75) is 51.9 Å². The Morgan fingerprint density at radius 2 is 1.71 bits per heavy atom. The monoisotopic (exact) mass is 422 g/mol. The van der Waals surface area contributed by atoms with Crippen LogP contribution in [0.4, 0.5) is 11.4 Å². The maximum absolute atomic E-state index is 12.1. The largest absolute Gasteiger partial charge is 0.456 e. The molecule has 0 radical (unpaired) electrons. The van der Waals surface area contributed by atoms with Crippen LogP contribution in [0.25, 0.3) is 0 Å². The quantitative estimate of drug-likeness (QED) is 0.678. The SMILES string of the molecule is CC(C)(C)c1ccc(CCC(=O)OCC(=O)Nc2ccc(N3CCCC3=O)cc2)cc1. The van der Waals surface area contributed by atoms with Gasteiger partial charge in [-0.3, -0.25) is 14.4 Å². The summed E-state index contributed by atoms with van der Waals surface area (Å²) in [6.45, 7) is 6.88. The first-order valence-electron chi connectivity index (χ1n) is 10.7. The summed E-state index contributed by atoms with van der Waals surface area (Å²) in [7, 11) is 0. The third-order valence-electron chi connectivity index (χ3n) is 5.34. The zero-order valence-electron chi connectivity index (χ0n) is 18.4. The van der Waals surface area contributed by atoms with Crippen LogP contribution in [0.5, 0.6) is 0 Å². The molecule has 1 heterocycles. The van der Waals surface area contributed by atoms with Gasteiger partial charge in [0, 0.05) is 30.8 Å². The highest BCUT2D eigenvalue weighted by molar-refractivity contribution is 5.96. The van der Waals surface area contributed by atoms with Crippen LogP contribution in [0.1, 0.15) is 51.2 Å². The van der Waals surface area contributed by atoms with Gasteiger partial charge in [0.15, 0.2) is 6.61 Å². The van der Waals surface area contributed by atoms with Crippen molar-refractivity contribution in [1.82, 2.24) is 0 Å². The molecule has 0 atom stereocenters. The molecule has 3 rings (SSSR count). The number of aryl methyl sites for hydroxylation is 1. The molecule has 2 aromatic carbocycles. The van der Waals surface area contributed by atoms with Crippen LogP contribution >= 0.6 is 0 Å². The van der Waals surface area contributed by atoms with Gasteiger partial charge in [0.25, 0.3) is 5.91 Å². The smallest absolute Gasteiger partial charge is 0.306 e. The molecule has 0 saturated carbocycles. The van der Waals surface area contributed by atoms with E-state index in [0.29, 0.717) is 18.5 Å². The van der Waals surface area contributed by atoms with E-state index in [9.17, 15) is 14.4 Å². The Hall–Kier alpha value is -3.15. The molecule has 2 aromatic rings. The van der Waals surface area contributed by atoms with Crippen LogP contribution < -0.4 is 10.2 Å². The van der Waals surface area contributed by atoms with Gasteiger partial charge in [0.1, 0.15) is 0 Å². The number of hydrogen-bond acceptors (Lipinski definition) is 4. The van der Waals surface area contributed by atoms with Crippen LogP contribution in [0.2, 0.25) is 0 Å². The van der Waals surface area contributed by atoms with E-state index in [-0.39, 0.29) is 24.3 Å². The van der Waals surface area contributed by atoms with Gasteiger partial charge in [-0.25, -0.2) is 0 Å². The Labute approximate surface area is 183 Å². The first kappa shape index (κ1) is 22.5. The van der Waals surface area contributed by atoms with E-state index in [2.05, 4.69) is 38.2 Å². The second-order valence-corrected chi connectivity index (χ2v) is 8.85. The Morgan fingerprint density at radius 1 is 1.03 bits per heavy atom. The molecule has 31 heavy (non-hydrogen) atoms. The number of ether oxygens (including phenoxy) is 1. The predicted molar refractivity (Wildman–Crippen MR) is 121 cm³/mol. The summed E-state index contributed by atoms with van der Waals surface area (Å²) in [6, 6.07) is 15.3. The summed E-state index contributed by atoms with van der Waals surface area (Å²) in [5.41, 5.74) is 3.82. The molecule has 0 bridgehead atoms. The number of nitrogens with one attached hydrogen (secondary N) is 1. The molecule has 0 spiro atoms. The van der Waals surface area contributed by atoms with E-state index in [1.807, 2.05) is 12.1 Å². The van der Waals surface area contributed by atoms with Gasteiger partial charge in [-0.05, 0) is 53.6 Å². The predicted octanol–water partition coefficient (Wildman–Crippen LogP) is 4.23. The molecule has 2 amide bonds. The van der Waals surface area contributed by atoms with Crippen molar-refractivity contribution < 1.29 is 19.1 Å². The van der Waals surface area contributed by atoms with E-state index in [4.69, 9.17) is 4.74 Å². The molecule has 1 aliphatic rings. The van der Waals surface area contributed by atoms with Crippen molar-refractivity contribution >= 4 is 29.2 Å². The second-order valence-electron chi connectivity index (χ2n) is 8.85. The maximum atomic E-state index is 12.1. The number of anilines is 2. The van der Waals surface area contributed by atoms with Gasteiger partial charge in [0.05, 0.1) is 0 Å². The van der Waals surface area contributed by atoms with Gasteiger partial charge in [-0.15, -0.1) is 0 Å². The Bertz CT molecular complexity index is 927. The molecule has 0 aliphatic carbocycles. The number of esters is 1. The van der Waals surface area contributed by atoms with Crippen LogP contribution in [-0.4, -0.2) is 30.9 Å². The molecule has 1 fully saturated rings. The molecule has 164 valence electrons.